The highest BCUT2D eigenvalue weighted by molar-refractivity contribution is 5.51. The molecule has 1 saturated heterocycles. The molecule has 0 spiro atoms. The minimum atomic E-state index is 0.301. The van der Waals surface area contributed by atoms with Crippen molar-refractivity contribution in [3.63, 3.8) is 0 Å². The number of nitrogens with two attached hydrogens (primary N) is 1. The van der Waals surface area contributed by atoms with Gasteiger partial charge in [-0.2, -0.15) is 0 Å². The lowest BCUT2D eigenvalue weighted by atomic mass is 10.3. The zero-order valence-corrected chi connectivity index (χ0v) is 9.15. The molecule has 1 aliphatic heterocycles. The molecule has 3 nitrogen and oxygen atoms in total. The van der Waals surface area contributed by atoms with Crippen LogP contribution in [0.2, 0.25) is 0 Å². The highest BCUT2D eigenvalue weighted by atomic mass is 16.5. The first-order chi connectivity index (χ1) is 7.29. The summed E-state index contributed by atoms with van der Waals surface area (Å²) in [6, 6.07) is 7.69. The molecule has 0 saturated carbocycles. The summed E-state index contributed by atoms with van der Waals surface area (Å²) in [6.07, 6.45) is 1.40. The topological polar surface area (TPSA) is 38.5 Å². The van der Waals surface area contributed by atoms with Crippen molar-refractivity contribution in [2.45, 2.75) is 19.4 Å². The van der Waals surface area contributed by atoms with Crippen molar-refractivity contribution in [1.29, 1.82) is 0 Å². The third kappa shape index (κ3) is 2.42. The van der Waals surface area contributed by atoms with Crippen LogP contribution in [0.5, 0.6) is 5.75 Å². The fraction of sp³-hybridized carbons (Fsp3) is 0.500. The first kappa shape index (κ1) is 10.3. The molecule has 1 aromatic rings. The van der Waals surface area contributed by atoms with Crippen molar-refractivity contribution in [2.75, 3.05) is 25.4 Å². The number of nitrogen functional groups attached to an aromatic ring is 1. The van der Waals surface area contributed by atoms with Crippen LogP contribution < -0.4 is 10.5 Å². The molecule has 1 unspecified atom stereocenters. The zero-order valence-electron chi connectivity index (χ0n) is 9.15. The molecular formula is C12H18N2O. The van der Waals surface area contributed by atoms with Crippen LogP contribution in [0.15, 0.2) is 24.3 Å². The van der Waals surface area contributed by atoms with Crippen molar-refractivity contribution < 1.29 is 4.74 Å². The molecule has 0 radical (unpaired) electrons. The third-order valence-electron chi connectivity index (χ3n) is 2.89. The maximum atomic E-state index is 5.87. The van der Waals surface area contributed by atoms with Gasteiger partial charge in [0.05, 0.1) is 5.69 Å². The van der Waals surface area contributed by atoms with E-state index >= 15 is 0 Å². The smallest absolute Gasteiger partial charge is 0.142 e. The molecule has 1 aromatic carbocycles. The van der Waals surface area contributed by atoms with Gasteiger partial charge in [0.2, 0.25) is 0 Å². The number of nitrogens with zero attached hydrogens (tertiary/aromatic N) is 1. The molecule has 15 heavy (non-hydrogen) atoms. The van der Waals surface area contributed by atoms with E-state index in [2.05, 4.69) is 11.8 Å². The molecule has 0 aromatic heterocycles. The second-order valence-corrected chi connectivity index (χ2v) is 3.96. The van der Waals surface area contributed by atoms with E-state index in [-0.39, 0.29) is 0 Å². The molecule has 1 atom stereocenters. The van der Waals surface area contributed by atoms with Crippen LogP contribution in [0, 0.1) is 0 Å². The Kier molecular flexibility index (Phi) is 3.11. The Balaban J connectivity index is 1.96. The molecule has 3 heteroatoms. The van der Waals surface area contributed by atoms with Gasteiger partial charge in [0.1, 0.15) is 11.9 Å². The van der Waals surface area contributed by atoms with Gasteiger partial charge in [0.25, 0.3) is 0 Å². The number of rotatable bonds is 3. The summed E-state index contributed by atoms with van der Waals surface area (Å²) in [7, 11) is 0. The third-order valence-corrected chi connectivity index (χ3v) is 2.89. The van der Waals surface area contributed by atoms with Crippen LogP contribution in [0.1, 0.15) is 13.3 Å². The average Bonchev–Trinajstić information content (AvgIpc) is 2.69. The quantitative estimate of drug-likeness (QED) is 0.766. The number of likely N-dealkylation sites (N-methyl/N-ethyl adjacent to an activating group) is 1. The van der Waals surface area contributed by atoms with E-state index in [0.717, 1.165) is 37.5 Å². The average molecular weight is 206 g/mol. The zero-order chi connectivity index (χ0) is 10.7. The molecule has 2 rings (SSSR count). The molecule has 82 valence electrons. The highest BCUT2D eigenvalue weighted by Crippen LogP contribution is 2.23. The van der Waals surface area contributed by atoms with Crippen molar-refractivity contribution >= 4 is 5.69 Å². The summed E-state index contributed by atoms with van der Waals surface area (Å²) in [5.41, 5.74) is 6.56. The van der Waals surface area contributed by atoms with Gasteiger partial charge in [0.15, 0.2) is 0 Å². The number of anilines is 1. The van der Waals surface area contributed by atoms with Crippen molar-refractivity contribution in [2.24, 2.45) is 0 Å². The lowest BCUT2D eigenvalue weighted by molar-refractivity contribution is 0.203. The van der Waals surface area contributed by atoms with E-state index in [1.54, 1.807) is 0 Å². The molecule has 0 bridgehead atoms. The first-order valence-electron chi connectivity index (χ1n) is 5.53. The van der Waals surface area contributed by atoms with Crippen molar-refractivity contribution in [3.05, 3.63) is 24.3 Å². The van der Waals surface area contributed by atoms with Crippen molar-refractivity contribution in [3.8, 4) is 5.75 Å². The predicted octanol–water partition coefficient (Wildman–Crippen LogP) is 1.74. The molecule has 0 aliphatic carbocycles. The Morgan fingerprint density at radius 3 is 2.93 bits per heavy atom. The Morgan fingerprint density at radius 2 is 2.27 bits per heavy atom. The largest absolute Gasteiger partial charge is 0.487 e. The molecule has 1 fully saturated rings. The van der Waals surface area contributed by atoms with Gasteiger partial charge < -0.3 is 10.5 Å². The van der Waals surface area contributed by atoms with E-state index in [1.165, 1.54) is 0 Å². The molecule has 1 heterocycles. The number of likely N-dealkylation sites (tertiary alicyclic amines) is 1. The van der Waals surface area contributed by atoms with Crippen LogP contribution in [0.25, 0.3) is 0 Å². The summed E-state index contributed by atoms with van der Waals surface area (Å²) < 4.78 is 5.87. The maximum Gasteiger partial charge on any atom is 0.142 e. The number of hydrogen-bond acceptors (Lipinski definition) is 3. The summed E-state index contributed by atoms with van der Waals surface area (Å²) in [5, 5.41) is 0. The standard InChI is InChI=1S/C12H18N2O/c1-2-14-8-7-10(9-14)15-12-6-4-3-5-11(12)13/h3-6,10H,2,7-9,13H2,1H3. The second-order valence-electron chi connectivity index (χ2n) is 3.96. The summed E-state index contributed by atoms with van der Waals surface area (Å²) >= 11 is 0. The van der Waals surface area contributed by atoms with Gasteiger partial charge in [-0.3, -0.25) is 4.90 Å². The summed E-state index contributed by atoms with van der Waals surface area (Å²) in [6.45, 7) is 5.43. The number of benzene rings is 1. The minimum Gasteiger partial charge on any atom is -0.487 e. The van der Waals surface area contributed by atoms with Crippen LogP contribution in [-0.4, -0.2) is 30.6 Å². The normalized spacial score (nSPS) is 21.8. The molecule has 1 aliphatic rings. The fourth-order valence-corrected chi connectivity index (χ4v) is 1.95. The van der Waals surface area contributed by atoms with Gasteiger partial charge in [0, 0.05) is 13.1 Å². The molecule has 0 amide bonds. The lowest BCUT2D eigenvalue weighted by Gasteiger charge is -2.16. The first-order valence-corrected chi connectivity index (χ1v) is 5.53. The Bertz CT molecular complexity index is 327. The van der Waals surface area contributed by atoms with Crippen molar-refractivity contribution in [1.82, 2.24) is 4.90 Å². The van der Waals surface area contributed by atoms with Crippen LogP contribution in [-0.2, 0) is 0 Å². The van der Waals surface area contributed by atoms with Crippen LogP contribution >= 0.6 is 0 Å². The van der Waals surface area contributed by atoms with E-state index in [4.69, 9.17) is 10.5 Å². The fourth-order valence-electron chi connectivity index (χ4n) is 1.95. The Morgan fingerprint density at radius 1 is 1.47 bits per heavy atom. The number of hydrogen-bond donors (Lipinski definition) is 1. The summed E-state index contributed by atoms with van der Waals surface area (Å²) in [5.74, 6) is 0.820. The Hall–Kier alpha value is -1.22. The maximum absolute atomic E-state index is 5.87. The SMILES string of the molecule is CCN1CCC(Oc2ccccc2N)C1. The Labute approximate surface area is 90.8 Å². The van der Waals surface area contributed by atoms with Gasteiger partial charge in [-0.25, -0.2) is 0 Å². The summed E-state index contributed by atoms with van der Waals surface area (Å²) in [4.78, 5) is 2.39. The predicted molar refractivity (Wildman–Crippen MR) is 62.0 cm³/mol. The van der Waals surface area contributed by atoms with E-state index in [0.29, 0.717) is 6.10 Å². The van der Waals surface area contributed by atoms with Crippen LogP contribution in [0.3, 0.4) is 0 Å². The molecular weight excluding hydrogens is 188 g/mol. The van der Waals surface area contributed by atoms with Gasteiger partial charge in [-0.1, -0.05) is 19.1 Å². The monoisotopic (exact) mass is 206 g/mol. The van der Waals surface area contributed by atoms with E-state index < -0.39 is 0 Å². The highest BCUT2D eigenvalue weighted by Gasteiger charge is 2.22. The van der Waals surface area contributed by atoms with Gasteiger partial charge in [-0.15, -0.1) is 0 Å². The van der Waals surface area contributed by atoms with Gasteiger partial charge >= 0.3 is 0 Å². The molecule has 2 N–H and O–H groups in total. The number of para-hydroxylation sites is 2. The van der Waals surface area contributed by atoms with Gasteiger partial charge in [-0.05, 0) is 25.1 Å². The van der Waals surface area contributed by atoms with Crippen LogP contribution in [0.4, 0.5) is 5.69 Å². The van der Waals surface area contributed by atoms with E-state index in [1.807, 2.05) is 24.3 Å². The second kappa shape index (κ2) is 4.53. The lowest BCUT2D eigenvalue weighted by Crippen LogP contribution is -2.24. The van der Waals surface area contributed by atoms with E-state index in [9.17, 15) is 0 Å². The minimum absolute atomic E-state index is 0.301. The number of ether oxygens (including phenoxy) is 1.